The summed E-state index contributed by atoms with van der Waals surface area (Å²) in [5.74, 6) is 0.228. The van der Waals surface area contributed by atoms with Crippen molar-refractivity contribution in [1.82, 2.24) is 0 Å². The average Bonchev–Trinajstić information content (AvgIpc) is 2.45. The van der Waals surface area contributed by atoms with Crippen LogP contribution in [0.4, 0.5) is 13.2 Å². The van der Waals surface area contributed by atoms with Gasteiger partial charge in [0.15, 0.2) is 0 Å². The molecular formula is C16H15F3O. The normalized spacial score (nSPS) is 11.4. The zero-order valence-corrected chi connectivity index (χ0v) is 11.1. The molecule has 0 N–H and O–H groups in total. The molecule has 20 heavy (non-hydrogen) atoms. The van der Waals surface area contributed by atoms with Gasteiger partial charge in [0, 0.05) is 0 Å². The summed E-state index contributed by atoms with van der Waals surface area (Å²) < 4.78 is 43.3. The van der Waals surface area contributed by atoms with Crippen molar-refractivity contribution in [3.05, 3.63) is 65.2 Å². The van der Waals surface area contributed by atoms with Gasteiger partial charge in [-0.05, 0) is 35.7 Å². The van der Waals surface area contributed by atoms with Gasteiger partial charge in [-0.2, -0.15) is 13.2 Å². The fourth-order valence-corrected chi connectivity index (χ4v) is 1.97. The van der Waals surface area contributed by atoms with Gasteiger partial charge in [-0.25, -0.2) is 0 Å². The third kappa shape index (κ3) is 3.53. The summed E-state index contributed by atoms with van der Waals surface area (Å²) >= 11 is 0. The molecule has 0 bridgehead atoms. The van der Waals surface area contributed by atoms with Crippen molar-refractivity contribution in [3.63, 3.8) is 0 Å². The van der Waals surface area contributed by atoms with Gasteiger partial charge in [0.2, 0.25) is 0 Å². The number of rotatable bonds is 4. The topological polar surface area (TPSA) is 9.23 Å². The van der Waals surface area contributed by atoms with Gasteiger partial charge in [-0.15, -0.1) is 0 Å². The molecule has 106 valence electrons. The summed E-state index contributed by atoms with van der Waals surface area (Å²) in [5.41, 5.74) is 1.44. The molecule has 4 heteroatoms. The standard InChI is InChI=1S/C16H15F3O/c1-2-12-6-3-4-7-13(12)11-20-15-9-5-8-14(10-15)16(17,18)19/h3-10H,2,11H2,1H3. The van der Waals surface area contributed by atoms with Gasteiger partial charge >= 0.3 is 6.18 Å². The Morgan fingerprint density at radius 2 is 1.65 bits per heavy atom. The molecule has 2 aromatic carbocycles. The maximum Gasteiger partial charge on any atom is 0.416 e. The van der Waals surface area contributed by atoms with Crippen molar-refractivity contribution in [2.75, 3.05) is 0 Å². The van der Waals surface area contributed by atoms with Crippen LogP contribution in [0.1, 0.15) is 23.6 Å². The smallest absolute Gasteiger partial charge is 0.416 e. The van der Waals surface area contributed by atoms with Gasteiger partial charge in [-0.3, -0.25) is 0 Å². The maximum absolute atomic E-state index is 12.6. The van der Waals surface area contributed by atoms with E-state index in [-0.39, 0.29) is 12.4 Å². The lowest BCUT2D eigenvalue weighted by Crippen LogP contribution is -2.05. The van der Waals surface area contributed by atoms with Crippen LogP contribution in [0.15, 0.2) is 48.5 Å². The second-order valence-electron chi connectivity index (χ2n) is 4.44. The Kier molecular flexibility index (Phi) is 4.32. The number of benzene rings is 2. The molecule has 0 unspecified atom stereocenters. The molecule has 2 aromatic rings. The number of aryl methyl sites for hydroxylation is 1. The number of hydrogen-bond donors (Lipinski definition) is 0. The summed E-state index contributed by atoms with van der Waals surface area (Å²) in [7, 11) is 0. The van der Waals surface area contributed by atoms with E-state index in [0.717, 1.165) is 29.7 Å². The Labute approximate surface area is 116 Å². The predicted molar refractivity (Wildman–Crippen MR) is 71.6 cm³/mol. The van der Waals surface area contributed by atoms with Crippen LogP contribution in [0, 0.1) is 0 Å². The second kappa shape index (κ2) is 5.99. The Bertz CT molecular complexity index is 576. The van der Waals surface area contributed by atoms with Crippen molar-refractivity contribution in [1.29, 1.82) is 0 Å². The molecule has 0 saturated carbocycles. The molecule has 0 saturated heterocycles. The van der Waals surface area contributed by atoms with Crippen LogP contribution >= 0.6 is 0 Å². The van der Waals surface area contributed by atoms with Crippen molar-refractivity contribution in [2.24, 2.45) is 0 Å². The van der Waals surface area contributed by atoms with Gasteiger partial charge in [0.05, 0.1) is 5.56 Å². The Morgan fingerprint density at radius 3 is 2.30 bits per heavy atom. The lowest BCUT2D eigenvalue weighted by molar-refractivity contribution is -0.137. The quantitative estimate of drug-likeness (QED) is 0.778. The molecule has 0 aliphatic rings. The van der Waals surface area contributed by atoms with Gasteiger partial charge in [0.1, 0.15) is 12.4 Å². The van der Waals surface area contributed by atoms with E-state index in [9.17, 15) is 13.2 Å². The average molecular weight is 280 g/mol. The summed E-state index contributed by atoms with van der Waals surface area (Å²) in [6, 6.07) is 12.7. The lowest BCUT2D eigenvalue weighted by Gasteiger charge is -2.12. The number of ether oxygens (including phenoxy) is 1. The predicted octanol–water partition coefficient (Wildman–Crippen LogP) is 4.85. The zero-order chi connectivity index (χ0) is 14.6. The van der Waals surface area contributed by atoms with Crippen LogP contribution in [0.5, 0.6) is 5.75 Å². The molecule has 0 heterocycles. The van der Waals surface area contributed by atoms with E-state index in [1.807, 2.05) is 31.2 Å². The molecule has 0 amide bonds. The Morgan fingerprint density at radius 1 is 0.950 bits per heavy atom. The van der Waals surface area contributed by atoms with Crippen LogP contribution in [0.25, 0.3) is 0 Å². The number of hydrogen-bond acceptors (Lipinski definition) is 1. The van der Waals surface area contributed by atoms with Crippen LogP contribution in [0.2, 0.25) is 0 Å². The van der Waals surface area contributed by atoms with Crippen LogP contribution in [0.3, 0.4) is 0 Å². The van der Waals surface area contributed by atoms with Crippen molar-refractivity contribution in [3.8, 4) is 5.75 Å². The van der Waals surface area contributed by atoms with Crippen LogP contribution in [-0.2, 0) is 19.2 Å². The molecule has 0 spiro atoms. The van der Waals surface area contributed by atoms with E-state index in [2.05, 4.69) is 0 Å². The first-order valence-corrected chi connectivity index (χ1v) is 6.37. The van der Waals surface area contributed by atoms with Crippen molar-refractivity contribution in [2.45, 2.75) is 26.1 Å². The number of alkyl halides is 3. The molecule has 0 fully saturated rings. The Balaban J connectivity index is 2.11. The van der Waals surface area contributed by atoms with Gasteiger partial charge in [-0.1, -0.05) is 37.3 Å². The molecular weight excluding hydrogens is 265 g/mol. The fourth-order valence-electron chi connectivity index (χ4n) is 1.97. The van der Waals surface area contributed by atoms with E-state index >= 15 is 0 Å². The minimum atomic E-state index is -4.35. The summed E-state index contributed by atoms with van der Waals surface area (Å²) in [4.78, 5) is 0. The molecule has 0 aliphatic heterocycles. The summed E-state index contributed by atoms with van der Waals surface area (Å²) in [6.45, 7) is 2.30. The monoisotopic (exact) mass is 280 g/mol. The van der Waals surface area contributed by atoms with E-state index in [4.69, 9.17) is 4.74 Å². The van der Waals surface area contributed by atoms with Crippen LogP contribution in [-0.4, -0.2) is 0 Å². The second-order valence-corrected chi connectivity index (χ2v) is 4.44. The van der Waals surface area contributed by atoms with E-state index in [1.165, 1.54) is 12.1 Å². The highest BCUT2D eigenvalue weighted by atomic mass is 19.4. The third-order valence-corrected chi connectivity index (χ3v) is 3.05. The largest absolute Gasteiger partial charge is 0.489 e. The molecule has 2 rings (SSSR count). The highest BCUT2D eigenvalue weighted by Crippen LogP contribution is 2.31. The maximum atomic E-state index is 12.6. The Hall–Kier alpha value is -1.97. The molecule has 0 radical (unpaired) electrons. The molecule has 1 nitrogen and oxygen atoms in total. The van der Waals surface area contributed by atoms with Gasteiger partial charge in [0.25, 0.3) is 0 Å². The lowest BCUT2D eigenvalue weighted by atomic mass is 10.1. The van der Waals surface area contributed by atoms with E-state index < -0.39 is 11.7 Å². The zero-order valence-electron chi connectivity index (χ0n) is 11.1. The number of halogens is 3. The highest BCUT2D eigenvalue weighted by molar-refractivity contribution is 5.31. The van der Waals surface area contributed by atoms with E-state index in [1.54, 1.807) is 0 Å². The minimum absolute atomic E-state index is 0.228. The van der Waals surface area contributed by atoms with E-state index in [0.29, 0.717) is 0 Å². The fraction of sp³-hybridized carbons (Fsp3) is 0.250. The highest BCUT2D eigenvalue weighted by Gasteiger charge is 2.30. The molecule has 0 aromatic heterocycles. The van der Waals surface area contributed by atoms with Crippen LogP contribution < -0.4 is 4.74 Å². The minimum Gasteiger partial charge on any atom is -0.489 e. The summed E-state index contributed by atoms with van der Waals surface area (Å²) in [5, 5.41) is 0. The first kappa shape index (κ1) is 14.4. The van der Waals surface area contributed by atoms with Gasteiger partial charge < -0.3 is 4.74 Å². The first-order chi connectivity index (χ1) is 9.50. The molecule has 0 atom stereocenters. The third-order valence-electron chi connectivity index (χ3n) is 3.05. The SMILES string of the molecule is CCc1ccccc1COc1cccc(C(F)(F)F)c1. The molecule has 0 aliphatic carbocycles. The summed E-state index contributed by atoms with van der Waals surface area (Å²) in [6.07, 6.45) is -3.48. The van der Waals surface area contributed by atoms with Crippen molar-refractivity contribution < 1.29 is 17.9 Å². The first-order valence-electron chi connectivity index (χ1n) is 6.37. The van der Waals surface area contributed by atoms with Crippen molar-refractivity contribution >= 4 is 0 Å².